The number of oxazole rings is 1. The summed E-state index contributed by atoms with van der Waals surface area (Å²) in [5, 5.41) is 2.89. The predicted octanol–water partition coefficient (Wildman–Crippen LogP) is 5.19. The molecule has 2 aromatic carbocycles. The normalized spacial score (nSPS) is 11.4. The van der Waals surface area contributed by atoms with E-state index in [1.807, 2.05) is 24.3 Å². The van der Waals surface area contributed by atoms with Gasteiger partial charge in [-0.15, -0.1) is 0 Å². The Kier molecular flexibility index (Phi) is 6.15. The first-order chi connectivity index (χ1) is 15.0. The third-order valence-corrected chi connectivity index (χ3v) is 6.77. The zero-order valence-electron chi connectivity index (χ0n) is 16.5. The smallest absolute Gasteiger partial charge is 0.266 e. The molecule has 160 valence electrons. The number of hydrogen-bond acceptors (Lipinski definition) is 7. The van der Waals surface area contributed by atoms with E-state index >= 15 is 0 Å². The number of anilines is 1. The SMILES string of the molecule is COc1ccc(CCNc2oc(-c3ccco3)nc2S(=O)(=O)c2ccc(Br)cc2)cc1. The van der Waals surface area contributed by atoms with Crippen LogP contribution in [0.1, 0.15) is 5.56 Å². The maximum atomic E-state index is 13.2. The Morgan fingerprint density at radius 1 is 1.06 bits per heavy atom. The van der Waals surface area contributed by atoms with Crippen LogP contribution >= 0.6 is 15.9 Å². The number of furan rings is 1. The van der Waals surface area contributed by atoms with Crippen LogP contribution in [0.15, 0.2) is 90.2 Å². The summed E-state index contributed by atoms with van der Waals surface area (Å²) >= 11 is 3.32. The second-order valence-electron chi connectivity index (χ2n) is 6.61. The van der Waals surface area contributed by atoms with E-state index in [-0.39, 0.29) is 21.7 Å². The van der Waals surface area contributed by atoms with Crippen LogP contribution in [0.4, 0.5) is 5.88 Å². The van der Waals surface area contributed by atoms with Crippen molar-refractivity contribution < 1.29 is 22.0 Å². The van der Waals surface area contributed by atoms with Crippen molar-refractivity contribution in [1.29, 1.82) is 0 Å². The topological polar surface area (TPSA) is 94.6 Å². The second kappa shape index (κ2) is 8.99. The van der Waals surface area contributed by atoms with Gasteiger partial charge in [-0.3, -0.25) is 0 Å². The monoisotopic (exact) mass is 502 g/mol. The van der Waals surface area contributed by atoms with Crippen molar-refractivity contribution in [3.8, 4) is 17.4 Å². The Labute approximate surface area is 188 Å². The molecule has 0 aliphatic heterocycles. The summed E-state index contributed by atoms with van der Waals surface area (Å²) in [4.78, 5) is 4.35. The van der Waals surface area contributed by atoms with E-state index in [1.165, 1.54) is 18.4 Å². The lowest BCUT2D eigenvalue weighted by molar-refractivity contribution is 0.414. The molecule has 31 heavy (non-hydrogen) atoms. The zero-order chi connectivity index (χ0) is 21.8. The van der Waals surface area contributed by atoms with Crippen molar-refractivity contribution in [3.63, 3.8) is 0 Å². The summed E-state index contributed by atoms with van der Waals surface area (Å²) in [6, 6.07) is 17.4. The number of methoxy groups -OCH3 is 1. The van der Waals surface area contributed by atoms with Crippen molar-refractivity contribution in [2.45, 2.75) is 16.3 Å². The molecule has 1 N–H and O–H groups in total. The first-order valence-corrected chi connectivity index (χ1v) is 11.7. The Bertz CT molecular complexity index is 1250. The predicted molar refractivity (Wildman–Crippen MR) is 119 cm³/mol. The fourth-order valence-electron chi connectivity index (χ4n) is 2.94. The number of hydrogen-bond donors (Lipinski definition) is 1. The van der Waals surface area contributed by atoms with Gasteiger partial charge in [0.1, 0.15) is 5.75 Å². The minimum atomic E-state index is -3.91. The van der Waals surface area contributed by atoms with E-state index in [9.17, 15) is 8.42 Å². The molecule has 0 bridgehead atoms. The highest BCUT2D eigenvalue weighted by Gasteiger charge is 2.29. The number of sulfone groups is 1. The standard InChI is InChI=1S/C22H19BrN2O5S/c1-28-17-8-4-15(5-9-17)12-13-24-21-22(25-20(30-21)19-3-2-14-29-19)31(26,27)18-10-6-16(23)7-11-18/h2-11,14,24H,12-13H2,1H3. The number of nitrogens with zero attached hydrogens (tertiary/aromatic N) is 1. The first-order valence-electron chi connectivity index (χ1n) is 9.39. The van der Waals surface area contributed by atoms with Gasteiger partial charge < -0.3 is 18.9 Å². The number of benzene rings is 2. The largest absolute Gasteiger partial charge is 0.497 e. The molecule has 4 aromatic rings. The van der Waals surface area contributed by atoms with Crippen LogP contribution in [-0.2, 0) is 16.3 Å². The second-order valence-corrected chi connectivity index (χ2v) is 9.39. The summed E-state index contributed by atoms with van der Waals surface area (Å²) in [6.07, 6.45) is 2.12. The van der Waals surface area contributed by atoms with E-state index in [2.05, 4.69) is 26.2 Å². The van der Waals surface area contributed by atoms with E-state index in [1.54, 1.807) is 31.4 Å². The Morgan fingerprint density at radius 2 is 1.81 bits per heavy atom. The maximum Gasteiger partial charge on any atom is 0.266 e. The van der Waals surface area contributed by atoms with Crippen LogP contribution in [-0.4, -0.2) is 27.1 Å². The molecule has 0 atom stereocenters. The quantitative estimate of drug-likeness (QED) is 0.354. The number of ether oxygens (including phenoxy) is 1. The van der Waals surface area contributed by atoms with Crippen LogP contribution in [0.2, 0.25) is 0 Å². The van der Waals surface area contributed by atoms with Gasteiger partial charge in [0.15, 0.2) is 5.76 Å². The summed E-state index contributed by atoms with van der Waals surface area (Å²) in [6.45, 7) is 0.446. The van der Waals surface area contributed by atoms with Gasteiger partial charge in [0.2, 0.25) is 20.7 Å². The van der Waals surface area contributed by atoms with Crippen molar-refractivity contribution in [2.75, 3.05) is 19.0 Å². The van der Waals surface area contributed by atoms with E-state index < -0.39 is 9.84 Å². The molecule has 0 saturated heterocycles. The number of nitrogens with one attached hydrogen (secondary N) is 1. The molecule has 0 aliphatic carbocycles. The van der Waals surface area contributed by atoms with Gasteiger partial charge in [0.05, 0.1) is 18.3 Å². The summed E-state index contributed by atoms with van der Waals surface area (Å²) in [5.74, 6) is 1.28. The van der Waals surface area contributed by atoms with Gasteiger partial charge >= 0.3 is 0 Å². The summed E-state index contributed by atoms with van der Waals surface area (Å²) < 4.78 is 43.5. The molecule has 0 unspecified atom stereocenters. The van der Waals surface area contributed by atoms with Gasteiger partial charge in [-0.1, -0.05) is 28.1 Å². The highest BCUT2D eigenvalue weighted by Crippen LogP contribution is 2.33. The first kappa shape index (κ1) is 21.2. The fraction of sp³-hybridized carbons (Fsp3) is 0.136. The summed E-state index contributed by atoms with van der Waals surface area (Å²) in [7, 11) is -2.29. The number of halogens is 1. The molecule has 0 spiro atoms. The molecule has 0 aliphatic rings. The Morgan fingerprint density at radius 3 is 2.45 bits per heavy atom. The van der Waals surface area contributed by atoms with E-state index in [0.29, 0.717) is 18.7 Å². The van der Waals surface area contributed by atoms with Crippen molar-refractivity contribution in [1.82, 2.24) is 4.98 Å². The van der Waals surface area contributed by atoms with Gasteiger partial charge in [0.25, 0.3) is 5.89 Å². The molecular formula is C22H19BrN2O5S. The lowest BCUT2D eigenvalue weighted by Gasteiger charge is -2.07. The van der Waals surface area contributed by atoms with Crippen molar-refractivity contribution >= 4 is 31.7 Å². The third kappa shape index (κ3) is 4.67. The average molecular weight is 503 g/mol. The Hall–Kier alpha value is -3.04. The molecule has 7 nitrogen and oxygen atoms in total. The molecule has 2 aromatic heterocycles. The lowest BCUT2D eigenvalue weighted by atomic mass is 10.1. The van der Waals surface area contributed by atoms with Crippen LogP contribution in [0.5, 0.6) is 5.75 Å². The van der Waals surface area contributed by atoms with Gasteiger partial charge in [-0.2, -0.15) is 4.98 Å². The van der Waals surface area contributed by atoms with Crippen molar-refractivity contribution in [2.24, 2.45) is 0 Å². The highest BCUT2D eigenvalue weighted by atomic mass is 79.9. The number of rotatable bonds is 8. The van der Waals surface area contributed by atoms with Gasteiger partial charge in [-0.05, 0) is 60.5 Å². The molecule has 2 heterocycles. The van der Waals surface area contributed by atoms with Crippen LogP contribution in [0, 0.1) is 0 Å². The lowest BCUT2D eigenvalue weighted by Crippen LogP contribution is -2.09. The molecule has 0 radical (unpaired) electrons. The average Bonchev–Trinajstić information content (AvgIpc) is 3.45. The summed E-state index contributed by atoms with van der Waals surface area (Å²) in [5.41, 5.74) is 1.07. The number of aromatic nitrogens is 1. The zero-order valence-corrected chi connectivity index (χ0v) is 18.9. The maximum absolute atomic E-state index is 13.2. The van der Waals surface area contributed by atoms with Crippen molar-refractivity contribution in [3.05, 3.63) is 77.0 Å². The molecule has 9 heteroatoms. The Balaban J connectivity index is 1.61. The molecule has 0 amide bonds. The van der Waals surface area contributed by atoms with Crippen LogP contribution in [0.3, 0.4) is 0 Å². The van der Waals surface area contributed by atoms with Crippen LogP contribution < -0.4 is 10.1 Å². The highest BCUT2D eigenvalue weighted by molar-refractivity contribution is 9.10. The molecule has 0 fully saturated rings. The van der Waals surface area contributed by atoms with Gasteiger partial charge in [0, 0.05) is 11.0 Å². The van der Waals surface area contributed by atoms with E-state index in [4.69, 9.17) is 13.6 Å². The minimum Gasteiger partial charge on any atom is -0.497 e. The third-order valence-electron chi connectivity index (χ3n) is 4.56. The molecule has 4 rings (SSSR count). The van der Waals surface area contributed by atoms with Gasteiger partial charge in [-0.25, -0.2) is 8.42 Å². The van der Waals surface area contributed by atoms with Crippen LogP contribution in [0.25, 0.3) is 11.7 Å². The minimum absolute atomic E-state index is 0.0721. The molecular weight excluding hydrogens is 484 g/mol. The molecule has 0 saturated carbocycles. The fourth-order valence-corrected chi connectivity index (χ4v) is 4.49. The van der Waals surface area contributed by atoms with E-state index in [0.717, 1.165) is 15.8 Å².